The van der Waals surface area contributed by atoms with Gasteiger partial charge in [-0.1, -0.05) is 64.6 Å². The number of benzene rings is 2. The molecular formula is C24H15Cl4N3O3. The van der Waals surface area contributed by atoms with Crippen LogP contribution in [0.25, 0.3) is 22.2 Å². The van der Waals surface area contributed by atoms with Gasteiger partial charge in [-0.2, -0.15) is 0 Å². The maximum atomic E-state index is 12.7. The first kappa shape index (κ1) is 24.2. The van der Waals surface area contributed by atoms with E-state index in [1.54, 1.807) is 24.3 Å². The van der Waals surface area contributed by atoms with E-state index in [1.165, 1.54) is 24.5 Å². The van der Waals surface area contributed by atoms with Crippen molar-refractivity contribution >= 4 is 69.2 Å². The summed E-state index contributed by atoms with van der Waals surface area (Å²) in [6.07, 6.45) is 3.03. The SMILES string of the molecule is O=C(NC(Cc1ccc2nc(-c3c(Cl)cncc3Cl)ccc2c1)C(=O)O)c1c(Cl)cccc1Cl. The first-order valence-electron chi connectivity index (χ1n) is 9.91. The Balaban J connectivity index is 1.59. The Kier molecular flexibility index (Phi) is 7.24. The molecule has 0 radical (unpaired) electrons. The van der Waals surface area contributed by atoms with Crippen LogP contribution in [-0.2, 0) is 11.2 Å². The monoisotopic (exact) mass is 533 g/mol. The average Bonchev–Trinajstić information content (AvgIpc) is 2.78. The average molecular weight is 535 g/mol. The number of rotatable bonds is 6. The molecule has 10 heteroatoms. The summed E-state index contributed by atoms with van der Waals surface area (Å²) in [5, 5.41) is 14.0. The molecule has 6 nitrogen and oxygen atoms in total. The van der Waals surface area contributed by atoms with Crippen molar-refractivity contribution in [3.63, 3.8) is 0 Å². The molecule has 2 aromatic carbocycles. The van der Waals surface area contributed by atoms with E-state index in [0.717, 1.165) is 5.39 Å². The number of aliphatic carboxylic acids is 1. The van der Waals surface area contributed by atoms with Gasteiger partial charge in [-0.05, 0) is 35.9 Å². The molecule has 4 aromatic rings. The second-order valence-electron chi connectivity index (χ2n) is 7.37. The number of carbonyl (C=O) groups excluding carboxylic acids is 1. The van der Waals surface area contributed by atoms with Crippen LogP contribution in [0.3, 0.4) is 0 Å². The molecule has 0 aliphatic carbocycles. The van der Waals surface area contributed by atoms with E-state index in [2.05, 4.69) is 15.3 Å². The number of aromatic nitrogens is 2. The molecule has 2 N–H and O–H groups in total. The lowest BCUT2D eigenvalue weighted by Crippen LogP contribution is -2.42. The normalized spacial score (nSPS) is 11.9. The first-order valence-corrected chi connectivity index (χ1v) is 11.4. The highest BCUT2D eigenvalue weighted by molar-refractivity contribution is 6.40. The molecule has 34 heavy (non-hydrogen) atoms. The molecular weight excluding hydrogens is 520 g/mol. The van der Waals surface area contributed by atoms with Crippen molar-refractivity contribution in [1.29, 1.82) is 0 Å². The fourth-order valence-corrected chi connectivity index (χ4v) is 4.61. The van der Waals surface area contributed by atoms with Gasteiger partial charge in [0.15, 0.2) is 0 Å². The zero-order valence-electron chi connectivity index (χ0n) is 17.2. The van der Waals surface area contributed by atoms with Crippen molar-refractivity contribution < 1.29 is 14.7 Å². The predicted octanol–water partition coefficient (Wildman–Crippen LogP) is 6.34. The van der Waals surface area contributed by atoms with E-state index in [-0.39, 0.29) is 22.0 Å². The van der Waals surface area contributed by atoms with Crippen molar-refractivity contribution in [2.45, 2.75) is 12.5 Å². The van der Waals surface area contributed by atoms with E-state index in [0.29, 0.717) is 32.4 Å². The summed E-state index contributed by atoms with van der Waals surface area (Å²) in [7, 11) is 0. The van der Waals surface area contributed by atoms with Gasteiger partial charge in [-0.3, -0.25) is 9.78 Å². The maximum absolute atomic E-state index is 12.7. The lowest BCUT2D eigenvalue weighted by Gasteiger charge is -2.16. The van der Waals surface area contributed by atoms with Gasteiger partial charge >= 0.3 is 5.97 Å². The molecule has 1 atom stereocenters. The number of pyridine rings is 2. The Hall–Kier alpha value is -2.90. The van der Waals surface area contributed by atoms with E-state index in [9.17, 15) is 14.7 Å². The fourth-order valence-electron chi connectivity index (χ4n) is 3.48. The van der Waals surface area contributed by atoms with Gasteiger partial charge < -0.3 is 10.4 Å². The van der Waals surface area contributed by atoms with Crippen LogP contribution in [0.15, 0.2) is 60.9 Å². The number of carboxylic acids is 1. The number of amides is 1. The van der Waals surface area contributed by atoms with Crippen LogP contribution in [0.1, 0.15) is 15.9 Å². The topological polar surface area (TPSA) is 92.2 Å². The highest BCUT2D eigenvalue weighted by atomic mass is 35.5. The minimum atomic E-state index is -1.20. The number of fused-ring (bicyclic) bond motifs is 1. The molecule has 2 aromatic heterocycles. The minimum Gasteiger partial charge on any atom is -0.480 e. The lowest BCUT2D eigenvalue weighted by molar-refractivity contribution is -0.139. The molecule has 0 spiro atoms. The Bertz CT molecular complexity index is 1390. The van der Waals surface area contributed by atoms with Gasteiger partial charge in [0.2, 0.25) is 0 Å². The molecule has 0 bridgehead atoms. The summed E-state index contributed by atoms with van der Waals surface area (Å²) < 4.78 is 0. The highest BCUT2D eigenvalue weighted by Gasteiger charge is 2.24. The molecule has 0 saturated carbocycles. The third-order valence-electron chi connectivity index (χ3n) is 5.10. The van der Waals surface area contributed by atoms with Crippen LogP contribution in [0.4, 0.5) is 0 Å². The molecule has 1 unspecified atom stereocenters. The number of nitrogens with one attached hydrogen (secondary N) is 1. The maximum Gasteiger partial charge on any atom is 0.326 e. The molecule has 172 valence electrons. The zero-order chi connectivity index (χ0) is 24.4. The quantitative estimate of drug-likeness (QED) is 0.301. The number of hydrogen-bond acceptors (Lipinski definition) is 4. The van der Waals surface area contributed by atoms with Crippen molar-refractivity contribution in [3.05, 3.63) is 92.1 Å². The Morgan fingerprint density at radius 1 is 0.912 bits per heavy atom. The molecule has 1 amide bonds. The van der Waals surface area contributed by atoms with E-state index in [1.807, 2.05) is 12.1 Å². The summed E-state index contributed by atoms with van der Waals surface area (Å²) >= 11 is 24.6. The largest absolute Gasteiger partial charge is 0.480 e. The summed E-state index contributed by atoms with van der Waals surface area (Å²) in [6, 6.07) is 12.4. The summed E-state index contributed by atoms with van der Waals surface area (Å²) in [5.41, 5.74) is 2.56. The minimum absolute atomic E-state index is 0.0285. The van der Waals surface area contributed by atoms with Crippen LogP contribution in [0.2, 0.25) is 20.1 Å². The predicted molar refractivity (Wildman–Crippen MR) is 134 cm³/mol. The van der Waals surface area contributed by atoms with Gasteiger partial charge in [0, 0.05) is 29.8 Å². The second-order valence-corrected chi connectivity index (χ2v) is 9.00. The van der Waals surface area contributed by atoms with Crippen LogP contribution < -0.4 is 5.32 Å². The van der Waals surface area contributed by atoms with Crippen LogP contribution in [0.5, 0.6) is 0 Å². The standard InChI is InChI=1S/C24H15Cl4N3O3/c25-14-2-1-3-15(26)22(14)23(32)31-20(24(33)34)9-12-4-6-18-13(8-12)5-7-19(30-18)21-16(27)10-29-11-17(21)28/h1-8,10-11,20H,9H2,(H,31,32)(H,33,34). The zero-order valence-corrected chi connectivity index (χ0v) is 20.3. The van der Waals surface area contributed by atoms with Gasteiger partial charge in [-0.15, -0.1) is 0 Å². The Labute approximate surface area is 214 Å². The summed E-state index contributed by atoms with van der Waals surface area (Å²) in [5.74, 6) is -1.85. The summed E-state index contributed by atoms with van der Waals surface area (Å²) in [6.45, 7) is 0. The van der Waals surface area contributed by atoms with Crippen molar-refractivity contribution in [1.82, 2.24) is 15.3 Å². The fraction of sp³-hybridized carbons (Fsp3) is 0.0833. The van der Waals surface area contributed by atoms with E-state index < -0.39 is 17.9 Å². The number of carboxylic acid groups (broad SMARTS) is 1. The molecule has 4 rings (SSSR count). The summed E-state index contributed by atoms with van der Waals surface area (Å²) in [4.78, 5) is 33.1. The van der Waals surface area contributed by atoms with Crippen LogP contribution in [0, 0.1) is 0 Å². The van der Waals surface area contributed by atoms with Crippen molar-refractivity contribution in [2.24, 2.45) is 0 Å². The number of hydrogen-bond donors (Lipinski definition) is 2. The number of nitrogens with zero attached hydrogens (tertiary/aromatic N) is 2. The molecule has 0 aliphatic rings. The van der Waals surface area contributed by atoms with Crippen molar-refractivity contribution in [3.8, 4) is 11.3 Å². The van der Waals surface area contributed by atoms with E-state index in [4.69, 9.17) is 46.4 Å². The Morgan fingerprint density at radius 3 is 2.24 bits per heavy atom. The van der Waals surface area contributed by atoms with Gasteiger partial charge in [0.25, 0.3) is 5.91 Å². The van der Waals surface area contributed by atoms with Crippen LogP contribution in [-0.4, -0.2) is 33.0 Å². The van der Waals surface area contributed by atoms with Crippen molar-refractivity contribution in [2.75, 3.05) is 0 Å². The van der Waals surface area contributed by atoms with E-state index >= 15 is 0 Å². The number of halogens is 4. The van der Waals surface area contributed by atoms with Gasteiger partial charge in [0.1, 0.15) is 6.04 Å². The van der Waals surface area contributed by atoms with Crippen LogP contribution >= 0.6 is 46.4 Å². The van der Waals surface area contributed by atoms with Gasteiger partial charge in [-0.25, -0.2) is 9.78 Å². The second kappa shape index (κ2) is 10.2. The molecule has 0 saturated heterocycles. The van der Waals surface area contributed by atoms with Gasteiger partial charge in [0.05, 0.1) is 36.9 Å². The lowest BCUT2D eigenvalue weighted by atomic mass is 10.0. The third-order valence-corrected chi connectivity index (χ3v) is 6.30. The highest BCUT2D eigenvalue weighted by Crippen LogP contribution is 2.33. The first-order chi connectivity index (χ1) is 16.2. The number of carbonyl (C=O) groups is 2. The molecule has 0 aliphatic heterocycles. The Morgan fingerprint density at radius 2 is 1.59 bits per heavy atom. The molecule has 0 fully saturated rings. The molecule has 2 heterocycles. The third kappa shape index (κ3) is 5.10. The smallest absolute Gasteiger partial charge is 0.326 e.